The lowest BCUT2D eigenvalue weighted by atomic mass is 9.98. The van der Waals surface area contributed by atoms with Crippen molar-refractivity contribution in [1.82, 2.24) is 4.57 Å². The van der Waals surface area contributed by atoms with Crippen LogP contribution in [-0.2, 0) is 0 Å². The van der Waals surface area contributed by atoms with Gasteiger partial charge in [0, 0.05) is 44.2 Å². The highest BCUT2D eigenvalue weighted by Gasteiger charge is 2.22. The highest BCUT2D eigenvalue weighted by molar-refractivity contribution is 6.13. The molecule has 0 bridgehead atoms. The number of benzene rings is 7. The first-order valence-electron chi connectivity index (χ1n) is 15.3. The van der Waals surface area contributed by atoms with Crippen molar-refractivity contribution in [3.8, 4) is 16.8 Å². The van der Waals surface area contributed by atoms with Crippen molar-refractivity contribution in [1.29, 1.82) is 0 Å². The molecule has 0 atom stereocenters. The number of anilines is 3. The lowest BCUT2D eigenvalue weighted by molar-refractivity contribution is 0.669. The molecule has 0 amide bonds. The predicted octanol–water partition coefficient (Wildman–Crippen LogP) is 11.8. The average molecular weight is 577 g/mol. The molecule has 0 radical (unpaired) electrons. The van der Waals surface area contributed by atoms with E-state index in [0.717, 1.165) is 61.3 Å². The molecule has 0 aliphatic carbocycles. The molecule has 0 saturated carbocycles. The van der Waals surface area contributed by atoms with E-state index in [4.69, 9.17) is 4.42 Å². The van der Waals surface area contributed by atoms with Gasteiger partial charge in [-0.2, -0.15) is 0 Å². The fraction of sp³-hybridized carbons (Fsp3) is 0. The van der Waals surface area contributed by atoms with Crippen molar-refractivity contribution in [2.75, 3.05) is 4.90 Å². The molecule has 3 nitrogen and oxygen atoms in total. The van der Waals surface area contributed by atoms with E-state index in [2.05, 4.69) is 167 Å². The summed E-state index contributed by atoms with van der Waals surface area (Å²) in [5.41, 5.74) is 10.8. The van der Waals surface area contributed by atoms with Gasteiger partial charge in [0.15, 0.2) is 0 Å². The van der Waals surface area contributed by atoms with Crippen LogP contribution in [0.25, 0.3) is 60.6 Å². The molecule has 0 N–H and O–H groups in total. The molecular weight excluding hydrogens is 548 g/mol. The maximum absolute atomic E-state index is 6.39. The summed E-state index contributed by atoms with van der Waals surface area (Å²) in [6, 6.07) is 60.2. The van der Waals surface area contributed by atoms with Crippen LogP contribution < -0.4 is 4.90 Å². The first kappa shape index (κ1) is 25.4. The Hall–Kier alpha value is -6.06. The molecule has 0 fully saturated rings. The summed E-state index contributed by atoms with van der Waals surface area (Å²) in [5, 5.41) is 4.68. The smallest absolute Gasteiger partial charge is 0.136 e. The molecule has 9 aromatic rings. The Morgan fingerprint density at radius 1 is 0.422 bits per heavy atom. The summed E-state index contributed by atoms with van der Waals surface area (Å²) < 4.78 is 8.78. The second-order valence-corrected chi connectivity index (χ2v) is 11.4. The Labute approximate surface area is 260 Å². The van der Waals surface area contributed by atoms with Crippen LogP contribution in [0.4, 0.5) is 17.1 Å². The van der Waals surface area contributed by atoms with Crippen LogP contribution in [0, 0.1) is 0 Å². The molecule has 0 saturated heterocycles. The van der Waals surface area contributed by atoms with Gasteiger partial charge in [-0.15, -0.1) is 0 Å². The van der Waals surface area contributed by atoms with Gasteiger partial charge in [0.2, 0.25) is 0 Å². The van der Waals surface area contributed by atoms with Crippen LogP contribution >= 0.6 is 0 Å². The van der Waals surface area contributed by atoms with E-state index in [1.165, 1.54) is 16.3 Å². The SMILES string of the molecule is c1ccc(N(c2ccccc2)c2cc3c4ccccc4n(-c4ccccc4)c3cc2-c2ccc3c(c2)oc2ccccc23)cc1. The van der Waals surface area contributed by atoms with Gasteiger partial charge >= 0.3 is 0 Å². The Kier molecular flexibility index (Phi) is 5.82. The lowest BCUT2D eigenvalue weighted by Crippen LogP contribution is -2.11. The van der Waals surface area contributed by atoms with Crippen molar-refractivity contribution >= 4 is 60.8 Å². The van der Waals surface area contributed by atoms with Crippen molar-refractivity contribution in [2.45, 2.75) is 0 Å². The summed E-state index contributed by atoms with van der Waals surface area (Å²) in [6.45, 7) is 0. The van der Waals surface area contributed by atoms with Gasteiger partial charge < -0.3 is 13.9 Å². The molecule has 0 aliphatic rings. The topological polar surface area (TPSA) is 21.3 Å². The second-order valence-electron chi connectivity index (χ2n) is 11.4. The summed E-state index contributed by atoms with van der Waals surface area (Å²) in [7, 11) is 0. The van der Waals surface area contributed by atoms with Crippen molar-refractivity contribution in [2.24, 2.45) is 0 Å². The molecule has 0 aliphatic heterocycles. The summed E-state index contributed by atoms with van der Waals surface area (Å²) in [6.07, 6.45) is 0. The minimum atomic E-state index is 0.884. The van der Waals surface area contributed by atoms with Gasteiger partial charge in [-0.25, -0.2) is 0 Å². The molecule has 9 rings (SSSR count). The Bertz CT molecular complexity index is 2440. The van der Waals surface area contributed by atoms with Gasteiger partial charge in [0.25, 0.3) is 0 Å². The summed E-state index contributed by atoms with van der Waals surface area (Å²) in [4.78, 5) is 2.37. The van der Waals surface area contributed by atoms with E-state index in [9.17, 15) is 0 Å². The number of rotatable bonds is 5. The molecule has 45 heavy (non-hydrogen) atoms. The highest BCUT2D eigenvalue weighted by atomic mass is 16.3. The highest BCUT2D eigenvalue weighted by Crippen LogP contribution is 2.46. The van der Waals surface area contributed by atoms with Crippen LogP contribution in [0.1, 0.15) is 0 Å². The van der Waals surface area contributed by atoms with Gasteiger partial charge in [-0.1, -0.05) is 97.1 Å². The number of furan rings is 1. The normalized spacial score (nSPS) is 11.6. The third-order valence-corrected chi connectivity index (χ3v) is 8.76. The van der Waals surface area contributed by atoms with E-state index in [-0.39, 0.29) is 0 Å². The van der Waals surface area contributed by atoms with Crippen molar-refractivity contribution in [3.63, 3.8) is 0 Å². The third-order valence-electron chi connectivity index (χ3n) is 8.76. The molecular formula is C42H28N2O. The first-order valence-corrected chi connectivity index (χ1v) is 15.3. The van der Waals surface area contributed by atoms with Crippen molar-refractivity contribution < 1.29 is 4.42 Å². The van der Waals surface area contributed by atoms with E-state index in [1.807, 2.05) is 12.1 Å². The van der Waals surface area contributed by atoms with Crippen LogP contribution in [0.5, 0.6) is 0 Å². The maximum atomic E-state index is 6.39. The Morgan fingerprint density at radius 2 is 1.02 bits per heavy atom. The molecule has 7 aromatic carbocycles. The average Bonchev–Trinajstić information content (AvgIpc) is 3.64. The Balaban J connectivity index is 1.40. The Morgan fingerprint density at radius 3 is 1.76 bits per heavy atom. The predicted molar refractivity (Wildman–Crippen MR) is 188 cm³/mol. The number of fused-ring (bicyclic) bond motifs is 6. The number of hydrogen-bond acceptors (Lipinski definition) is 2. The standard InChI is InChI=1S/C42H28N2O/c1-4-14-30(15-5-1)43(31-16-6-2-7-17-31)39-28-37-33-20-10-12-22-38(33)44(32-18-8-3-9-19-32)40(37)27-36(39)29-24-25-35-34-21-11-13-23-41(34)45-42(35)26-29/h1-28H. The minimum Gasteiger partial charge on any atom is -0.456 e. The van der Waals surface area contributed by atoms with Gasteiger partial charge in [0.1, 0.15) is 11.2 Å². The second kappa shape index (κ2) is 10.3. The van der Waals surface area contributed by atoms with Crippen LogP contribution in [0.3, 0.4) is 0 Å². The molecule has 0 unspecified atom stereocenters. The summed E-state index contributed by atoms with van der Waals surface area (Å²) in [5.74, 6) is 0. The lowest BCUT2D eigenvalue weighted by Gasteiger charge is -2.28. The fourth-order valence-electron chi connectivity index (χ4n) is 6.75. The molecule has 0 spiro atoms. The fourth-order valence-corrected chi connectivity index (χ4v) is 6.75. The maximum Gasteiger partial charge on any atom is 0.136 e. The molecule has 2 aromatic heterocycles. The number of para-hydroxylation sites is 5. The zero-order valence-corrected chi connectivity index (χ0v) is 24.5. The first-order chi connectivity index (χ1) is 22.3. The molecule has 212 valence electrons. The number of aromatic nitrogens is 1. The largest absolute Gasteiger partial charge is 0.456 e. The van der Waals surface area contributed by atoms with Crippen molar-refractivity contribution in [3.05, 3.63) is 170 Å². The van der Waals surface area contributed by atoms with Crippen LogP contribution in [0.15, 0.2) is 174 Å². The summed E-state index contributed by atoms with van der Waals surface area (Å²) >= 11 is 0. The number of nitrogens with zero attached hydrogens (tertiary/aromatic N) is 2. The van der Waals surface area contributed by atoms with E-state index >= 15 is 0 Å². The molecule has 3 heteroatoms. The zero-order valence-electron chi connectivity index (χ0n) is 24.5. The van der Waals surface area contributed by atoms with Crippen LogP contribution in [-0.4, -0.2) is 4.57 Å². The minimum absolute atomic E-state index is 0.884. The zero-order chi connectivity index (χ0) is 29.7. The van der Waals surface area contributed by atoms with Gasteiger partial charge in [-0.3, -0.25) is 0 Å². The van der Waals surface area contributed by atoms with Gasteiger partial charge in [0.05, 0.1) is 16.7 Å². The molecule has 2 heterocycles. The van der Waals surface area contributed by atoms with E-state index in [0.29, 0.717) is 0 Å². The quantitative estimate of drug-likeness (QED) is 0.203. The number of hydrogen-bond donors (Lipinski definition) is 0. The van der Waals surface area contributed by atoms with Gasteiger partial charge in [-0.05, 0) is 78.4 Å². The third kappa shape index (κ3) is 4.13. The van der Waals surface area contributed by atoms with Crippen LogP contribution in [0.2, 0.25) is 0 Å². The van der Waals surface area contributed by atoms with E-state index < -0.39 is 0 Å². The van der Waals surface area contributed by atoms with E-state index in [1.54, 1.807) is 0 Å². The monoisotopic (exact) mass is 576 g/mol.